The molecule has 0 atom stereocenters. The fourth-order valence-corrected chi connectivity index (χ4v) is 3.45. The molecular weight excluding hydrogens is 377 g/mol. The third kappa shape index (κ3) is 4.33. The van der Waals surface area contributed by atoms with Crippen LogP contribution in [0.25, 0.3) is 10.9 Å². The number of aryl methyl sites for hydroxylation is 1. The number of amides is 1. The second-order valence-corrected chi connectivity index (χ2v) is 6.85. The summed E-state index contributed by atoms with van der Waals surface area (Å²) in [5, 5.41) is 3.41. The average molecular weight is 392 g/mol. The van der Waals surface area contributed by atoms with Crippen LogP contribution in [-0.4, -0.2) is 16.2 Å². The number of carbonyl (C=O) groups is 1. The van der Waals surface area contributed by atoms with Crippen LogP contribution >= 0.6 is 11.8 Å². The molecule has 4 nitrogen and oxygen atoms in total. The highest BCUT2D eigenvalue weighted by Crippen LogP contribution is 2.30. The summed E-state index contributed by atoms with van der Waals surface area (Å²) in [5.74, 6) is -0.345. The molecule has 1 amide bonds. The molecule has 2 aromatic carbocycles. The second-order valence-electron chi connectivity index (χ2n) is 5.83. The van der Waals surface area contributed by atoms with Crippen LogP contribution in [0.3, 0.4) is 0 Å². The topological polar surface area (TPSA) is 51.1 Å². The van der Waals surface area contributed by atoms with E-state index < -0.39 is 11.7 Å². The van der Waals surface area contributed by atoms with Crippen LogP contribution < -0.4 is 10.9 Å². The number of alkyl halides is 3. The van der Waals surface area contributed by atoms with Crippen molar-refractivity contribution in [2.24, 2.45) is 7.05 Å². The Kier molecular flexibility index (Phi) is 5.27. The molecule has 27 heavy (non-hydrogen) atoms. The van der Waals surface area contributed by atoms with Crippen molar-refractivity contribution >= 4 is 34.3 Å². The molecule has 0 unspecified atom stereocenters. The Morgan fingerprint density at radius 2 is 1.78 bits per heavy atom. The van der Waals surface area contributed by atoms with Crippen LogP contribution in [-0.2, 0) is 18.0 Å². The Morgan fingerprint density at radius 1 is 1.11 bits per heavy atom. The van der Waals surface area contributed by atoms with E-state index in [-0.39, 0.29) is 22.9 Å². The minimum atomic E-state index is -4.42. The number of rotatable bonds is 4. The summed E-state index contributed by atoms with van der Waals surface area (Å²) in [6, 6.07) is 13.1. The molecule has 8 heteroatoms. The largest absolute Gasteiger partial charge is 0.416 e. The highest BCUT2D eigenvalue weighted by atomic mass is 32.2. The van der Waals surface area contributed by atoms with Gasteiger partial charge in [0.15, 0.2) is 0 Å². The van der Waals surface area contributed by atoms with Gasteiger partial charge in [-0.2, -0.15) is 13.2 Å². The molecule has 0 saturated heterocycles. The minimum Gasteiger partial charge on any atom is -0.325 e. The summed E-state index contributed by atoms with van der Waals surface area (Å²) in [6.07, 6.45) is -4.42. The maximum atomic E-state index is 12.6. The first-order valence-electron chi connectivity index (χ1n) is 7.94. The predicted octanol–water partition coefficient (Wildman–Crippen LogP) is 4.29. The van der Waals surface area contributed by atoms with Crippen LogP contribution in [0.15, 0.2) is 64.3 Å². The smallest absolute Gasteiger partial charge is 0.325 e. The van der Waals surface area contributed by atoms with Crippen molar-refractivity contribution in [2.45, 2.75) is 11.1 Å². The Bertz CT molecular complexity index is 1040. The quantitative estimate of drug-likeness (QED) is 0.674. The van der Waals surface area contributed by atoms with Crippen molar-refractivity contribution in [1.82, 2.24) is 4.57 Å². The third-order valence-corrected chi connectivity index (χ3v) is 5.03. The number of fused-ring (bicyclic) bond motifs is 1. The van der Waals surface area contributed by atoms with E-state index in [1.54, 1.807) is 7.05 Å². The second kappa shape index (κ2) is 7.48. The SMILES string of the molecule is Cn1c(=O)cc(SCC(=O)Nc2ccc(C(F)(F)F)cc2)c2ccccc21. The number of pyridine rings is 1. The fourth-order valence-electron chi connectivity index (χ4n) is 2.58. The van der Waals surface area contributed by atoms with Gasteiger partial charge in [-0.25, -0.2) is 0 Å². The van der Waals surface area contributed by atoms with Gasteiger partial charge >= 0.3 is 6.18 Å². The zero-order chi connectivity index (χ0) is 19.6. The lowest BCUT2D eigenvalue weighted by Gasteiger charge is -2.10. The van der Waals surface area contributed by atoms with Gasteiger partial charge in [0, 0.05) is 29.1 Å². The standard InChI is InChI=1S/C19H15F3N2O2S/c1-24-15-5-3-2-4-14(15)16(10-18(24)26)27-11-17(25)23-13-8-6-12(7-9-13)19(20,21)22/h2-10H,11H2,1H3,(H,23,25). The third-order valence-electron chi connectivity index (χ3n) is 3.97. The van der Waals surface area contributed by atoms with Crippen LogP contribution in [0.5, 0.6) is 0 Å². The van der Waals surface area contributed by atoms with Gasteiger partial charge in [0.2, 0.25) is 5.91 Å². The van der Waals surface area contributed by atoms with Gasteiger partial charge in [-0.3, -0.25) is 9.59 Å². The lowest BCUT2D eigenvalue weighted by molar-refractivity contribution is -0.137. The van der Waals surface area contributed by atoms with Crippen molar-refractivity contribution in [3.05, 3.63) is 70.5 Å². The summed E-state index contributed by atoms with van der Waals surface area (Å²) >= 11 is 1.20. The Balaban J connectivity index is 1.70. The van der Waals surface area contributed by atoms with Gasteiger partial charge in [0.25, 0.3) is 5.56 Å². The van der Waals surface area contributed by atoms with Gasteiger partial charge in [0.05, 0.1) is 16.8 Å². The summed E-state index contributed by atoms with van der Waals surface area (Å²) < 4.78 is 39.2. The minimum absolute atomic E-state index is 0.0260. The van der Waals surface area contributed by atoms with Gasteiger partial charge in [-0.1, -0.05) is 18.2 Å². The van der Waals surface area contributed by atoms with Gasteiger partial charge in [-0.05, 0) is 30.3 Å². The number of anilines is 1. The molecule has 0 radical (unpaired) electrons. The number of nitrogens with one attached hydrogen (secondary N) is 1. The van der Waals surface area contributed by atoms with E-state index in [2.05, 4.69) is 5.32 Å². The number of hydrogen-bond acceptors (Lipinski definition) is 3. The van der Waals surface area contributed by atoms with E-state index >= 15 is 0 Å². The first-order valence-corrected chi connectivity index (χ1v) is 8.93. The molecule has 0 saturated carbocycles. The normalized spacial score (nSPS) is 11.6. The van der Waals surface area contributed by atoms with Crippen LogP contribution in [0, 0.1) is 0 Å². The van der Waals surface area contributed by atoms with Gasteiger partial charge in [0.1, 0.15) is 0 Å². The first kappa shape index (κ1) is 19.0. The number of para-hydroxylation sites is 1. The van der Waals surface area contributed by atoms with Crippen molar-refractivity contribution in [2.75, 3.05) is 11.1 Å². The lowest BCUT2D eigenvalue weighted by atomic mass is 10.2. The monoisotopic (exact) mass is 392 g/mol. The summed E-state index contributed by atoms with van der Waals surface area (Å²) in [4.78, 5) is 24.9. The van der Waals surface area contributed by atoms with Crippen LogP contribution in [0.2, 0.25) is 0 Å². The molecule has 3 aromatic rings. The molecule has 3 rings (SSSR count). The van der Waals surface area contributed by atoms with E-state index in [4.69, 9.17) is 0 Å². The molecule has 0 aliphatic rings. The van der Waals surface area contributed by atoms with Crippen LogP contribution in [0.4, 0.5) is 18.9 Å². The number of halogens is 3. The molecule has 0 spiro atoms. The molecule has 1 aromatic heterocycles. The average Bonchev–Trinajstić information content (AvgIpc) is 2.63. The summed E-state index contributed by atoms with van der Waals surface area (Å²) in [6.45, 7) is 0. The van der Waals surface area contributed by atoms with E-state index in [1.165, 1.54) is 34.5 Å². The molecule has 0 aliphatic carbocycles. The van der Waals surface area contributed by atoms with E-state index in [0.717, 1.165) is 23.0 Å². The zero-order valence-electron chi connectivity index (χ0n) is 14.2. The van der Waals surface area contributed by atoms with E-state index in [9.17, 15) is 22.8 Å². The summed E-state index contributed by atoms with van der Waals surface area (Å²) in [7, 11) is 1.68. The van der Waals surface area contributed by atoms with Crippen molar-refractivity contribution in [3.8, 4) is 0 Å². The molecule has 140 valence electrons. The molecule has 1 N–H and O–H groups in total. The highest BCUT2D eigenvalue weighted by molar-refractivity contribution is 8.00. The Hall–Kier alpha value is -2.74. The molecule has 0 fully saturated rings. The van der Waals surface area contributed by atoms with Gasteiger partial charge in [-0.15, -0.1) is 11.8 Å². The molecule has 0 bridgehead atoms. The van der Waals surface area contributed by atoms with Gasteiger partial charge < -0.3 is 9.88 Å². The lowest BCUT2D eigenvalue weighted by Crippen LogP contribution is -2.17. The maximum Gasteiger partial charge on any atom is 0.416 e. The predicted molar refractivity (Wildman–Crippen MR) is 100.0 cm³/mol. The number of thioether (sulfide) groups is 1. The number of carbonyl (C=O) groups excluding carboxylic acids is 1. The number of aromatic nitrogens is 1. The number of nitrogens with zero attached hydrogens (tertiary/aromatic N) is 1. The van der Waals surface area contributed by atoms with Crippen molar-refractivity contribution < 1.29 is 18.0 Å². The van der Waals surface area contributed by atoms with E-state index in [1.807, 2.05) is 24.3 Å². The summed E-state index contributed by atoms with van der Waals surface area (Å²) in [5.41, 5.74) is 0.0823. The first-order chi connectivity index (χ1) is 12.8. The van der Waals surface area contributed by atoms with Crippen molar-refractivity contribution in [1.29, 1.82) is 0 Å². The molecule has 1 heterocycles. The Morgan fingerprint density at radius 3 is 2.44 bits per heavy atom. The number of hydrogen-bond donors (Lipinski definition) is 1. The number of benzene rings is 2. The van der Waals surface area contributed by atoms with E-state index in [0.29, 0.717) is 4.90 Å². The molecular formula is C19H15F3N2O2S. The molecule has 0 aliphatic heterocycles. The zero-order valence-corrected chi connectivity index (χ0v) is 15.0. The highest BCUT2D eigenvalue weighted by Gasteiger charge is 2.29. The Labute approximate surface area is 157 Å². The fraction of sp³-hybridized carbons (Fsp3) is 0.158. The van der Waals surface area contributed by atoms with Crippen LogP contribution in [0.1, 0.15) is 5.56 Å². The maximum absolute atomic E-state index is 12.6. The van der Waals surface area contributed by atoms with Crippen molar-refractivity contribution in [3.63, 3.8) is 0 Å².